The minimum Gasteiger partial charge on any atom is -0.378 e. The molecule has 1 aromatic carbocycles. The Hall–Kier alpha value is -3.26. The minimum absolute atomic E-state index is 0.186. The Labute approximate surface area is 148 Å². The zero-order chi connectivity index (χ0) is 18.1. The highest BCUT2D eigenvalue weighted by Crippen LogP contribution is 2.25. The molecule has 132 valence electrons. The molecule has 1 fully saturated rings. The van der Waals surface area contributed by atoms with Crippen molar-refractivity contribution in [2.45, 2.75) is 0 Å². The van der Waals surface area contributed by atoms with E-state index in [0.717, 1.165) is 0 Å². The summed E-state index contributed by atoms with van der Waals surface area (Å²) in [5.41, 5.74) is 0.612. The number of rotatable bonds is 3. The van der Waals surface area contributed by atoms with E-state index in [1.165, 1.54) is 12.1 Å². The smallest absolute Gasteiger partial charge is 0.367 e. The summed E-state index contributed by atoms with van der Waals surface area (Å²) in [6.07, 6.45) is 1.57. The van der Waals surface area contributed by atoms with Gasteiger partial charge in [0.15, 0.2) is 0 Å². The van der Waals surface area contributed by atoms with Crippen LogP contribution >= 0.6 is 0 Å². The number of carbonyl (C=O) groups excluding carboxylic acids is 3. The zero-order valence-electron chi connectivity index (χ0n) is 13.8. The van der Waals surface area contributed by atoms with Crippen LogP contribution < -0.4 is 4.90 Å². The zero-order valence-corrected chi connectivity index (χ0v) is 13.8. The molecule has 2 aliphatic heterocycles. The van der Waals surface area contributed by atoms with E-state index in [-0.39, 0.29) is 16.7 Å². The van der Waals surface area contributed by atoms with E-state index in [1.807, 2.05) is 4.90 Å². The van der Waals surface area contributed by atoms with Crippen LogP contribution in [0.3, 0.4) is 0 Å². The van der Waals surface area contributed by atoms with Crippen molar-refractivity contribution in [3.05, 3.63) is 59.3 Å². The van der Waals surface area contributed by atoms with Crippen molar-refractivity contribution in [1.29, 1.82) is 0 Å². The number of hydrogen-bond acceptors (Lipinski definition) is 7. The molecule has 1 aromatic heterocycles. The number of nitrogens with zero attached hydrogens (tertiary/aromatic N) is 3. The van der Waals surface area contributed by atoms with Gasteiger partial charge in [0.05, 0.1) is 24.3 Å². The number of hydrogen-bond donors (Lipinski definition) is 0. The summed E-state index contributed by atoms with van der Waals surface area (Å²) in [6, 6.07) is 9.49. The van der Waals surface area contributed by atoms with E-state index in [0.29, 0.717) is 37.2 Å². The molecule has 4 rings (SSSR count). The van der Waals surface area contributed by atoms with Gasteiger partial charge in [0, 0.05) is 19.3 Å². The number of carbonyl (C=O) groups is 3. The Balaban J connectivity index is 1.58. The molecule has 8 heteroatoms. The Morgan fingerprint density at radius 1 is 1.00 bits per heavy atom. The largest absolute Gasteiger partial charge is 0.378 e. The van der Waals surface area contributed by atoms with Crippen molar-refractivity contribution >= 4 is 23.6 Å². The number of imide groups is 1. The first-order valence-electron chi connectivity index (χ1n) is 8.14. The molecular formula is C18H15N3O5. The predicted octanol–water partition coefficient (Wildman–Crippen LogP) is 1.29. The number of fused-ring (bicyclic) bond motifs is 1. The number of anilines is 1. The molecule has 3 heterocycles. The highest BCUT2D eigenvalue weighted by molar-refractivity contribution is 6.21. The summed E-state index contributed by atoms with van der Waals surface area (Å²) in [7, 11) is 0. The first-order chi connectivity index (χ1) is 12.7. The minimum atomic E-state index is -0.811. The number of amides is 2. The van der Waals surface area contributed by atoms with Crippen molar-refractivity contribution in [3.8, 4) is 0 Å². The standard InChI is InChI=1S/C18H15N3O5/c22-16-12-4-1-2-5-13(12)17(23)21(16)26-18(24)14-6-3-7-19-15(14)20-8-10-25-11-9-20/h1-7H,8-11H2. The first-order valence-corrected chi connectivity index (χ1v) is 8.14. The van der Waals surface area contributed by atoms with Gasteiger partial charge >= 0.3 is 5.97 Å². The van der Waals surface area contributed by atoms with Crippen LogP contribution in [0.1, 0.15) is 31.1 Å². The third-order valence-electron chi connectivity index (χ3n) is 4.25. The molecule has 0 unspecified atom stereocenters. The van der Waals surface area contributed by atoms with Gasteiger partial charge in [-0.15, -0.1) is 0 Å². The normalized spacial score (nSPS) is 16.6. The molecule has 0 saturated carbocycles. The van der Waals surface area contributed by atoms with Gasteiger partial charge in [-0.2, -0.15) is 0 Å². The molecule has 26 heavy (non-hydrogen) atoms. The third-order valence-corrected chi connectivity index (χ3v) is 4.25. The fraction of sp³-hybridized carbons (Fsp3) is 0.222. The van der Waals surface area contributed by atoms with Gasteiger partial charge in [-0.05, 0) is 24.3 Å². The fourth-order valence-electron chi connectivity index (χ4n) is 2.97. The average Bonchev–Trinajstić information content (AvgIpc) is 2.94. The lowest BCUT2D eigenvalue weighted by Gasteiger charge is -2.29. The summed E-state index contributed by atoms with van der Waals surface area (Å²) >= 11 is 0. The number of pyridine rings is 1. The second-order valence-corrected chi connectivity index (χ2v) is 5.80. The van der Waals surface area contributed by atoms with Crippen molar-refractivity contribution in [3.63, 3.8) is 0 Å². The summed E-state index contributed by atoms with van der Waals surface area (Å²) < 4.78 is 5.31. The third kappa shape index (κ3) is 2.70. The van der Waals surface area contributed by atoms with E-state index in [1.54, 1.807) is 30.5 Å². The second-order valence-electron chi connectivity index (χ2n) is 5.80. The highest BCUT2D eigenvalue weighted by atomic mass is 16.7. The molecule has 0 aliphatic carbocycles. The van der Waals surface area contributed by atoms with Crippen LogP contribution in [-0.4, -0.2) is 54.1 Å². The van der Waals surface area contributed by atoms with Gasteiger partial charge in [0.2, 0.25) is 0 Å². The van der Waals surface area contributed by atoms with Gasteiger partial charge in [0.25, 0.3) is 11.8 Å². The summed E-state index contributed by atoms with van der Waals surface area (Å²) in [5.74, 6) is -1.68. The predicted molar refractivity (Wildman–Crippen MR) is 89.6 cm³/mol. The van der Waals surface area contributed by atoms with Crippen molar-refractivity contribution in [2.24, 2.45) is 0 Å². The van der Waals surface area contributed by atoms with Crippen molar-refractivity contribution in [1.82, 2.24) is 10.0 Å². The van der Waals surface area contributed by atoms with Crippen LogP contribution in [-0.2, 0) is 9.57 Å². The van der Waals surface area contributed by atoms with Crippen LogP contribution in [0.2, 0.25) is 0 Å². The van der Waals surface area contributed by atoms with E-state index in [2.05, 4.69) is 4.98 Å². The van der Waals surface area contributed by atoms with Crippen molar-refractivity contribution in [2.75, 3.05) is 31.2 Å². The first kappa shape index (κ1) is 16.2. The van der Waals surface area contributed by atoms with Gasteiger partial charge in [0.1, 0.15) is 11.4 Å². The summed E-state index contributed by atoms with van der Waals surface area (Å²) in [4.78, 5) is 48.6. The number of hydroxylamine groups is 2. The van der Waals surface area contributed by atoms with Gasteiger partial charge in [-0.1, -0.05) is 17.2 Å². The van der Waals surface area contributed by atoms with Gasteiger partial charge < -0.3 is 14.5 Å². The molecule has 0 radical (unpaired) electrons. The average molecular weight is 353 g/mol. The van der Waals surface area contributed by atoms with E-state index >= 15 is 0 Å². The number of aromatic nitrogens is 1. The van der Waals surface area contributed by atoms with Crippen molar-refractivity contribution < 1.29 is 24.0 Å². The fourth-order valence-corrected chi connectivity index (χ4v) is 2.97. The summed E-state index contributed by atoms with van der Waals surface area (Å²) in [6.45, 7) is 2.24. The van der Waals surface area contributed by atoms with Crippen LogP contribution in [0, 0.1) is 0 Å². The van der Waals surface area contributed by atoms with Crippen LogP contribution in [0.15, 0.2) is 42.6 Å². The maximum Gasteiger partial charge on any atom is 0.367 e. The molecule has 1 saturated heterocycles. The molecule has 2 aliphatic rings. The Morgan fingerprint density at radius 3 is 2.31 bits per heavy atom. The van der Waals surface area contributed by atoms with Crippen LogP contribution in [0.5, 0.6) is 0 Å². The Bertz CT molecular complexity index is 857. The second kappa shape index (κ2) is 6.57. The quantitative estimate of drug-likeness (QED) is 0.768. The molecule has 0 atom stereocenters. The SMILES string of the molecule is O=C(ON1C(=O)c2ccccc2C1=O)c1cccnc1N1CCOCC1. The molecule has 2 aromatic rings. The lowest BCUT2D eigenvalue weighted by molar-refractivity contribution is -0.0584. The molecule has 0 bridgehead atoms. The molecule has 0 spiro atoms. The topological polar surface area (TPSA) is 89.0 Å². The lowest BCUT2D eigenvalue weighted by atomic mass is 10.1. The maximum absolute atomic E-state index is 12.6. The van der Waals surface area contributed by atoms with Crippen LogP contribution in [0.25, 0.3) is 0 Å². The Morgan fingerprint density at radius 2 is 1.65 bits per heavy atom. The Kier molecular flexibility index (Phi) is 4.10. The lowest BCUT2D eigenvalue weighted by Crippen LogP contribution is -2.38. The monoisotopic (exact) mass is 353 g/mol. The van der Waals surface area contributed by atoms with E-state index in [4.69, 9.17) is 9.57 Å². The number of morpholine rings is 1. The number of benzene rings is 1. The molecular weight excluding hydrogens is 338 g/mol. The molecule has 8 nitrogen and oxygen atoms in total. The maximum atomic E-state index is 12.6. The van der Waals surface area contributed by atoms with Gasteiger partial charge in [-0.25, -0.2) is 9.78 Å². The van der Waals surface area contributed by atoms with Crippen LogP contribution in [0.4, 0.5) is 5.82 Å². The summed E-state index contributed by atoms with van der Waals surface area (Å²) in [5, 5.41) is 0.503. The molecule has 2 amide bonds. The van der Waals surface area contributed by atoms with Gasteiger partial charge in [-0.3, -0.25) is 9.59 Å². The number of ether oxygens (including phenoxy) is 1. The van der Waals surface area contributed by atoms with E-state index in [9.17, 15) is 14.4 Å². The molecule has 0 N–H and O–H groups in total. The highest BCUT2D eigenvalue weighted by Gasteiger charge is 2.39. The van der Waals surface area contributed by atoms with E-state index < -0.39 is 17.8 Å².